The predicted octanol–water partition coefficient (Wildman–Crippen LogP) is 0.473. The highest BCUT2D eigenvalue weighted by atomic mass is 32.2. The summed E-state index contributed by atoms with van der Waals surface area (Å²) in [6, 6.07) is 5.00. The first-order valence-electron chi connectivity index (χ1n) is 5.29. The Hall–Kier alpha value is -2.16. The maximum Gasteiger partial charge on any atom is 0.269 e. The highest BCUT2D eigenvalue weighted by Gasteiger charge is 2.11. The summed E-state index contributed by atoms with van der Waals surface area (Å²) in [5.41, 5.74) is 0.106. The molecule has 1 aromatic rings. The van der Waals surface area contributed by atoms with Gasteiger partial charge in [0.1, 0.15) is 0 Å². The molecule has 2 N–H and O–H groups in total. The summed E-state index contributed by atoms with van der Waals surface area (Å²) in [5, 5.41) is 12.8. The molecule has 0 radical (unpaired) electrons. The van der Waals surface area contributed by atoms with Gasteiger partial charge in [-0.2, -0.15) is 0 Å². The van der Waals surface area contributed by atoms with Gasteiger partial charge in [0.2, 0.25) is 15.9 Å². The van der Waals surface area contributed by atoms with Gasteiger partial charge in [0, 0.05) is 31.3 Å². The average molecular weight is 287 g/mol. The number of nitro benzene ring substituents is 1. The Bertz CT molecular complexity index is 567. The first-order valence-corrected chi connectivity index (χ1v) is 6.95. The van der Waals surface area contributed by atoms with Crippen molar-refractivity contribution in [1.82, 2.24) is 5.32 Å². The third kappa shape index (κ3) is 5.34. The van der Waals surface area contributed by atoms with Crippen LogP contribution in [0, 0.1) is 10.1 Å². The highest BCUT2D eigenvalue weighted by molar-refractivity contribution is 7.92. The summed E-state index contributed by atoms with van der Waals surface area (Å²) in [4.78, 5) is 20.5. The molecule has 0 saturated carbocycles. The molecule has 0 heterocycles. The van der Waals surface area contributed by atoms with E-state index in [1.807, 2.05) is 0 Å². The zero-order valence-electron chi connectivity index (χ0n) is 10.1. The topological polar surface area (TPSA) is 118 Å². The minimum Gasteiger partial charge on any atom is -0.355 e. The van der Waals surface area contributed by atoms with Crippen LogP contribution in [0.1, 0.15) is 6.92 Å². The van der Waals surface area contributed by atoms with E-state index in [4.69, 9.17) is 0 Å². The van der Waals surface area contributed by atoms with Crippen LogP contribution in [0.5, 0.6) is 0 Å². The lowest BCUT2D eigenvalue weighted by molar-refractivity contribution is -0.384. The van der Waals surface area contributed by atoms with Crippen LogP contribution in [0.15, 0.2) is 24.3 Å². The van der Waals surface area contributed by atoms with Crippen molar-refractivity contribution in [3.8, 4) is 0 Å². The van der Waals surface area contributed by atoms with Gasteiger partial charge in [-0.15, -0.1) is 0 Å². The number of nitrogens with zero attached hydrogens (tertiary/aromatic N) is 1. The Kier molecular flexibility index (Phi) is 4.81. The molecule has 19 heavy (non-hydrogen) atoms. The van der Waals surface area contributed by atoms with Crippen molar-refractivity contribution < 1.29 is 18.1 Å². The van der Waals surface area contributed by atoms with Crippen LogP contribution in [-0.4, -0.2) is 31.5 Å². The molecule has 1 amide bonds. The Morgan fingerprint density at radius 1 is 1.32 bits per heavy atom. The number of anilines is 1. The molecule has 0 aromatic heterocycles. The van der Waals surface area contributed by atoms with Crippen LogP contribution in [0.3, 0.4) is 0 Å². The van der Waals surface area contributed by atoms with Gasteiger partial charge in [0.05, 0.1) is 10.7 Å². The molecular formula is C10H13N3O5S. The minimum atomic E-state index is -3.60. The molecule has 0 fully saturated rings. The fourth-order valence-corrected chi connectivity index (χ4v) is 2.21. The molecule has 0 atom stereocenters. The summed E-state index contributed by atoms with van der Waals surface area (Å²) in [6.07, 6.45) is 0. The van der Waals surface area contributed by atoms with Gasteiger partial charge in [-0.05, 0) is 12.1 Å². The molecular weight excluding hydrogens is 274 g/mol. The van der Waals surface area contributed by atoms with Gasteiger partial charge >= 0.3 is 0 Å². The number of benzene rings is 1. The van der Waals surface area contributed by atoms with E-state index in [1.54, 1.807) is 0 Å². The SMILES string of the molecule is CC(=O)NCCS(=O)(=O)Nc1ccc([N+](=O)[O-])cc1. The second-order valence-electron chi connectivity index (χ2n) is 3.71. The summed E-state index contributed by atoms with van der Waals surface area (Å²) in [7, 11) is -3.60. The Balaban J connectivity index is 2.62. The standard InChI is InChI=1S/C10H13N3O5S/c1-8(14)11-6-7-19(17,18)12-9-2-4-10(5-3-9)13(15)16/h2-5,12H,6-7H2,1H3,(H,11,14). The van der Waals surface area contributed by atoms with Crippen molar-refractivity contribution in [3.05, 3.63) is 34.4 Å². The molecule has 8 nitrogen and oxygen atoms in total. The van der Waals surface area contributed by atoms with Gasteiger partial charge in [0.25, 0.3) is 5.69 Å². The van der Waals surface area contributed by atoms with Crippen LogP contribution >= 0.6 is 0 Å². The van der Waals surface area contributed by atoms with Gasteiger partial charge in [-0.1, -0.05) is 0 Å². The van der Waals surface area contributed by atoms with E-state index >= 15 is 0 Å². The second-order valence-corrected chi connectivity index (χ2v) is 5.55. The van der Waals surface area contributed by atoms with Crippen molar-refractivity contribution >= 4 is 27.3 Å². The molecule has 0 spiro atoms. The van der Waals surface area contributed by atoms with Crippen molar-refractivity contribution in [1.29, 1.82) is 0 Å². The van der Waals surface area contributed by atoms with Gasteiger partial charge in [-0.25, -0.2) is 8.42 Å². The zero-order valence-corrected chi connectivity index (χ0v) is 10.9. The Labute approximate surface area is 110 Å². The largest absolute Gasteiger partial charge is 0.355 e. The van der Waals surface area contributed by atoms with Crippen molar-refractivity contribution in [3.63, 3.8) is 0 Å². The van der Waals surface area contributed by atoms with E-state index in [0.29, 0.717) is 0 Å². The third-order valence-electron chi connectivity index (χ3n) is 2.10. The molecule has 0 aliphatic rings. The lowest BCUT2D eigenvalue weighted by Gasteiger charge is -2.07. The fraction of sp³-hybridized carbons (Fsp3) is 0.300. The number of rotatable bonds is 6. The molecule has 1 rings (SSSR count). The first kappa shape index (κ1) is 14.9. The normalized spacial score (nSPS) is 10.8. The lowest BCUT2D eigenvalue weighted by Crippen LogP contribution is -2.29. The van der Waals surface area contributed by atoms with Gasteiger partial charge in [0.15, 0.2) is 0 Å². The lowest BCUT2D eigenvalue weighted by atomic mass is 10.3. The summed E-state index contributed by atoms with van der Waals surface area (Å²) < 4.78 is 25.5. The van der Waals surface area contributed by atoms with E-state index in [9.17, 15) is 23.3 Å². The molecule has 104 valence electrons. The Morgan fingerprint density at radius 3 is 2.37 bits per heavy atom. The van der Waals surface area contributed by atoms with E-state index in [0.717, 1.165) is 0 Å². The minimum absolute atomic E-state index is 0.00233. The van der Waals surface area contributed by atoms with Gasteiger partial charge in [-0.3, -0.25) is 19.6 Å². The van der Waals surface area contributed by atoms with E-state index in [2.05, 4.69) is 10.0 Å². The number of hydrogen-bond acceptors (Lipinski definition) is 5. The average Bonchev–Trinajstić information content (AvgIpc) is 2.28. The predicted molar refractivity (Wildman–Crippen MR) is 69.2 cm³/mol. The van der Waals surface area contributed by atoms with Crippen LogP contribution in [-0.2, 0) is 14.8 Å². The number of sulfonamides is 1. The number of carbonyl (C=O) groups is 1. The smallest absolute Gasteiger partial charge is 0.269 e. The number of nitrogens with one attached hydrogen (secondary N) is 2. The molecule has 9 heteroatoms. The molecule has 1 aromatic carbocycles. The summed E-state index contributed by atoms with van der Waals surface area (Å²) in [6.45, 7) is 1.29. The van der Waals surface area contributed by atoms with E-state index in [1.165, 1.54) is 31.2 Å². The van der Waals surface area contributed by atoms with Crippen LogP contribution in [0.4, 0.5) is 11.4 Å². The third-order valence-corrected chi connectivity index (χ3v) is 3.38. The van der Waals surface area contributed by atoms with E-state index in [-0.39, 0.29) is 29.6 Å². The number of carbonyl (C=O) groups excluding carboxylic acids is 1. The second kappa shape index (κ2) is 6.14. The van der Waals surface area contributed by atoms with Crippen LogP contribution in [0.2, 0.25) is 0 Å². The van der Waals surface area contributed by atoms with Crippen molar-refractivity contribution in [2.45, 2.75) is 6.92 Å². The van der Waals surface area contributed by atoms with E-state index < -0.39 is 14.9 Å². The summed E-state index contributed by atoms with van der Waals surface area (Å²) in [5.74, 6) is -0.589. The first-order chi connectivity index (χ1) is 8.80. The van der Waals surface area contributed by atoms with Gasteiger partial charge < -0.3 is 5.32 Å². The van der Waals surface area contributed by atoms with Crippen molar-refractivity contribution in [2.75, 3.05) is 17.0 Å². The van der Waals surface area contributed by atoms with Crippen LogP contribution < -0.4 is 10.0 Å². The Morgan fingerprint density at radius 2 is 1.89 bits per heavy atom. The van der Waals surface area contributed by atoms with Crippen molar-refractivity contribution in [2.24, 2.45) is 0 Å². The highest BCUT2D eigenvalue weighted by Crippen LogP contribution is 2.16. The number of nitro groups is 1. The maximum atomic E-state index is 11.6. The molecule has 0 saturated heterocycles. The molecule has 0 aliphatic heterocycles. The monoisotopic (exact) mass is 287 g/mol. The van der Waals surface area contributed by atoms with Crippen LogP contribution in [0.25, 0.3) is 0 Å². The number of non-ortho nitro benzene ring substituents is 1. The molecule has 0 bridgehead atoms. The summed E-state index contributed by atoms with van der Waals surface area (Å²) >= 11 is 0. The molecule has 0 unspecified atom stereocenters. The molecule has 0 aliphatic carbocycles. The quantitative estimate of drug-likeness (QED) is 0.582. The number of amides is 1. The number of hydrogen-bond donors (Lipinski definition) is 2. The zero-order chi connectivity index (χ0) is 14.5. The fourth-order valence-electron chi connectivity index (χ4n) is 1.24. The maximum absolute atomic E-state index is 11.6.